The molecule has 7 N–H and O–H groups in total. The molecule has 1 heterocycles. The molecule has 0 saturated carbocycles. The summed E-state index contributed by atoms with van der Waals surface area (Å²) in [7, 11) is 0. The quantitative estimate of drug-likeness (QED) is 0.133. The predicted octanol–water partition coefficient (Wildman–Crippen LogP) is 1.50. The topological polar surface area (TPSA) is 166 Å². The van der Waals surface area contributed by atoms with Gasteiger partial charge in [0.2, 0.25) is 17.7 Å². The Morgan fingerprint density at radius 1 is 0.900 bits per heavy atom. The van der Waals surface area contributed by atoms with Gasteiger partial charge in [-0.3, -0.25) is 14.4 Å². The Morgan fingerprint density at radius 2 is 1.52 bits per heavy atom. The fourth-order valence-corrected chi connectivity index (χ4v) is 4.93. The molecule has 4 unspecified atom stereocenters. The first-order valence-electron chi connectivity index (χ1n) is 12.8. The molecular weight excluding hydrogens is 550 g/mol. The third kappa shape index (κ3) is 8.77. The van der Waals surface area contributed by atoms with Crippen LogP contribution in [0.4, 0.5) is 0 Å². The second-order valence-corrected chi connectivity index (χ2v) is 10.7. The Morgan fingerprint density at radius 3 is 2.20 bits per heavy atom. The second-order valence-electron chi connectivity index (χ2n) is 9.35. The number of aromatic nitrogens is 1. The van der Waals surface area contributed by atoms with E-state index in [2.05, 4.69) is 33.6 Å². The van der Waals surface area contributed by atoms with Crippen LogP contribution >= 0.6 is 24.4 Å². The van der Waals surface area contributed by atoms with Crippen LogP contribution in [0.15, 0.2) is 60.8 Å². The lowest BCUT2D eigenvalue weighted by molar-refractivity contribution is -0.142. The molecule has 0 aliphatic rings. The Kier molecular flexibility index (Phi) is 11.9. The molecule has 3 rings (SSSR count). The number of carbonyl (C=O) groups is 4. The highest BCUT2D eigenvalue weighted by atomic mass is 32.2. The molecule has 0 aliphatic heterocycles. The van der Waals surface area contributed by atoms with Gasteiger partial charge >= 0.3 is 5.97 Å². The maximum Gasteiger partial charge on any atom is 0.326 e. The lowest BCUT2D eigenvalue weighted by Crippen LogP contribution is -2.58. The number of rotatable bonds is 15. The van der Waals surface area contributed by atoms with Crippen molar-refractivity contribution >= 4 is 59.0 Å². The average Bonchev–Trinajstić information content (AvgIpc) is 3.36. The van der Waals surface area contributed by atoms with Gasteiger partial charge in [0.1, 0.15) is 18.1 Å². The number of nitrogens with one attached hydrogen (secondary N) is 4. The molecule has 0 fully saturated rings. The minimum absolute atomic E-state index is 0.0709. The van der Waals surface area contributed by atoms with E-state index in [1.54, 1.807) is 0 Å². The van der Waals surface area contributed by atoms with Gasteiger partial charge < -0.3 is 31.8 Å². The summed E-state index contributed by atoms with van der Waals surface area (Å²) in [5.41, 5.74) is 8.85. The van der Waals surface area contributed by atoms with Gasteiger partial charge in [-0.25, -0.2) is 4.79 Å². The van der Waals surface area contributed by atoms with Crippen molar-refractivity contribution in [2.45, 2.75) is 43.4 Å². The average molecular weight is 586 g/mol. The first kappa shape index (κ1) is 31.1. The summed E-state index contributed by atoms with van der Waals surface area (Å²) in [6.07, 6.45) is 4.29. The summed E-state index contributed by atoms with van der Waals surface area (Å²) < 4.78 is 0. The number of carbonyl (C=O) groups excluding carboxylic acids is 3. The molecule has 2 aromatic carbocycles. The van der Waals surface area contributed by atoms with E-state index in [4.69, 9.17) is 5.73 Å². The summed E-state index contributed by atoms with van der Waals surface area (Å²) in [4.78, 5) is 54.0. The molecular formula is C28H35N5O5S2. The summed E-state index contributed by atoms with van der Waals surface area (Å²) in [5, 5.41) is 18.2. The minimum Gasteiger partial charge on any atom is -0.480 e. The maximum absolute atomic E-state index is 13.4. The van der Waals surface area contributed by atoms with E-state index in [0.29, 0.717) is 5.75 Å². The fraction of sp³-hybridized carbons (Fsp3) is 0.357. The highest BCUT2D eigenvalue weighted by Gasteiger charge is 2.30. The zero-order valence-electron chi connectivity index (χ0n) is 22.1. The number of carboxylic acids is 1. The summed E-state index contributed by atoms with van der Waals surface area (Å²) in [6, 6.07) is 12.6. The molecule has 4 atom stereocenters. The zero-order valence-corrected chi connectivity index (χ0v) is 23.8. The Labute approximate surface area is 242 Å². The third-order valence-corrected chi connectivity index (χ3v) is 7.42. The van der Waals surface area contributed by atoms with Crippen molar-refractivity contribution in [2.75, 3.05) is 17.8 Å². The monoisotopic (exact) mass is 585 g/mol. The molecule has 0 aliphatic carbocycles. The van der Waals surface area contributed by atoms with E-state index >= 15 is 0 Å². The van der Waals surface area contributed by atoms with Crippen LogP contribution in [0.1, 0.15) is 17.5 Å². The number of aromatic amines is 1. The molecule has 214 valence electrons. The first-order valence-corrected chi connectivity index (χ1v) is 14.8. The smallest absolute Gasteiger partial charge is 0.326 e. The van der Waals surface area contributed by atoms with Gasteiger partial charge in [-0.1, -0.05) is 48.5 Å². The molecule has 40 heavy (non-hydrogen) atoms. The Bertz CT molecular complexity index is 1300. The number of amides is 3. The standard InChI is InChI=1S/C28H35N5O5S2/c1-40-12-11-22(28(37)38)31-27(36)24(16-39)33-26(35)23(13-17-7-3-2-4-8-17)32-25(34)20(29)14-18-15-30-21-10-6-5-9-19(18)21/h2-10,15,20,22-24,30,39H,11-14,16,29H2,1H3,(H,31,36)(H,32,34)(H,33,35)(H,37,38). The number of para-hydroxylation sites is 1. The minimum atomic E-state index is -1.16. The SMILES string of the molecule is CSCCC(NC(=O)C(CS)NC(=O)C(Cc1ccccc1)NC(=O)C(N)Cc1c[nH]c2ccccc12)C(=O)O. The number of hydrogen-bond donors (Lipinski definition) is 7. The van der Waals surface area contributed by atoms with Gasteiger partial charge in [-0.05, 0) is 42.0 Å². The van der Waals surface area contributed by atoms with E-state index in [1.807, 2.05) is 67.0 Å². The lowest BCUT2D eigenvalue weighted by Gasteiger charge is -2.24. The molecule has 0 bridgehead atoms. The molecule has 0 spiro atoms. The lowest BCUT2D eigenvalue weighted by atomic mass is 10.0. The van der Waals surface area contributed by atoms with Crippen LogP contribution in [-0.4, -0.2) is 75.7 Å². The van der Waals surface area contributed by atoms with Crippen LogP contribution in [0, 0.1) is 0 Å². The predicted molar refractivity (Wildman–Crippen MR) is 160 cm³/mol. The van der Waals surface area contributed by atoms with E-state index in [1.165, 1.54) is 11.8 Å². The van der Waals surface area contributed by atoms with Crippen LogP contribution in [0.5, 0.6) is 0 Å². The summed E-state index contributed by atoms with van der Waals surface area (Å²) in [5.74, 6) is -2.49. The van der Waals surface area contributed by atoms with Gasteiger partial charge in [-0.15, -0.1) is 0 Å². The molecule has 0 saturated heterocycles. The number of aliphatic carboxylic acids is 1. The first-order chi connectivity index (χ1) is 19.2. The molecule has 3 aromatic rings. The Balaban J connectivity index is 1.71. The number of thiol groups is 1. The van der Waals surface area contributed by atoms with Crippen LogP contribution in [0.3, 0.4) is 0 Å². The van der Waals surface area contributed by atoms with Gasteiger partial charge in [0.25, 0.3) is 0 Å². The molecule has 12 heteroatoms. The van der Waals surface area contributed by atoms with Crippen LogP contribution < -0.4 is 21.7 Å². The van der Waals surface area contributed by atoms with Gasteiger partial charge in [0, 0.05) is 29.3 Å². The number of H-pyrrole nitrogens is 1. The molecule has 1 aromatic heterocycles. The van der Waals surface area contributed by atoms with Crippen molar-refractivity contribution in [3.8, 4) is 0 Å². The third-order valence-electron chi connectivity index (χ3n) is 6.41. The van der Waals surface area contributed by atoms with Gasteiger partial charge in [-0.2, -0.15) is 24.4 Å². The highest BCUT2D eigenvalue weighted by Crippen LogP contribution is 2.19. The largest absolute Gasteiger partial charge is 0.480 e. The molecule has 0 radical (unpaired) electrons. The summed E-state index contributed by atoms with van der Waals surface area (Å²) in [6.45, 7) is 0. The zero-order chi connectivity index (χ0) is 29.1. The fourth-order valence-electron chi connectivity index (χ4n) is 4.20. The van der Waals surface area contributed by atoms with E-state index in [9.17, 15) is 24.3 Å². The number of benzene rings is 2. The Hall–Kier alpha value is -3.48. The van der Waals surface area contributed by atoms with Crippen molar-refractivity contribution in [1.29, 1.82) is 0 Å². The normalized spacial score (nSPS) is 14.1. The van der Waals surface area contributed by atoms with E-state index in [0.717, 1.165) is 22.0 Å². The van der Waals surface area contributed by atoms with Crippen LogP contribution in [0.25, 0.3) is 10.9 Å². The van der Waals surface area contributed by atoms with E-state index < -0.39 is 47.9 Å². The molecule has 10 nitrogen and oxygen atoms in total. The number of carboxylic acid groups (broad SMARTS) is 1. The number of fused-ring (bicyclic) bond motifs is 1. The van der Waals surface area contributed by atoms with Gasteiger partial charge in [0.05, 0.1) is 6.04 Å². The highest BCUT2D eigenvalue weighted by molar-refractivity contribution is 7.98. The van der Waals surface area contributed by atoms with Crippen molar-refractivity contribution in [1.82, 2.24) is 20.9 Å². The van der Waals surface area contributed by atoms with Crippen LogP contribution in [0.2, 0.25) is 0 Å². The second kappa shape index (κ2) is 15.3. The number of nitrogens with two attached hydrogens (primary N) is 1. The van der Waals surface area contributed by atoms with Crippen molar-refractivity contribution in [3.05, 3.63) is 71.9 Å². The van der Waals surface area contributed by atoms with E-state index in [-0.39, 0.29) is 25.0 Å². The van der Waals surface area contributed by atoms with Crippen molar-refractivity contribution in [2.24, 2.45) is 5.73 Å². The number of hydrogen-bond acceptors (Lipinski definition) is 7. The number of thioether (sulfide) groups is 1. The van der Waals surface area contributed by atoms with Crippen molar-refractivity contribution in [3.63, 3.8) is 0 Å². The van der Waals surface area contributed by atoms with Crippen molar-refractivity contribution < 1.29 is 24.3 Å². The summed E-state index contributed by atoms with van der Waals surface area (Å²) >= 11 is 5.65. The van der Waals surface area contributed by atoms with Gasteiger partial charge in [0.15, 0.2) is 0 Å². The molecule has 3 amide bonds. The maximum atomic E-state index is 13.4. The van der Waals surface area contributed by atoms with Crippen LogP contribution in [-0.2, 0) is 32.0 Å².